The molecule has 22 heavy (non-hydrogen) atoms. The van der Waals surface area contributed by atoms with Crippen LogP contribution in [0.5, 0.6) is 0 Å². The van der Waals surface area contributed by atoms with Crippen LogP contribution in [0.15, 0.2) is 36.5 Å². The zero-order valence-electron chi connectivity index (χ0n) is 13.0. The number of anilines is 2. The van der Waals surface area contributed by atoms with E-state index >= 15 is 0 Å². The Labute approximate surface area is 131 Å². The first kappa shape index (κ1) is 14.8. The molecule has 5 nitrogen and oxygen atoms in total. The van der Waals surface area contributed by atoms with Crippen LogP contribution in [0.1, 0.15) is 25.0 Å². The highest BCUT2D eigenvalue weighted by Gasteiger charge is 2.23. The van der Waals surface area contributed by atoms with E-state index in [0.29, 0.717) is 12.0 Å². The smallest absolute Gasteiger partial charge is 0.224 e. The summed E-state index contributed by atoms with van der Waals surface area (Å²) in [5, 5.41) is 12.2. The van der Waals surface area contributed by atoms with Gasteiger partial charge in [-0.05, 0) is 37.5 Å². The third kappa shape index (κ3) is 3.04. The van der Waals surface area contributed by atoms with Crippen molar-refractivity contribution in [2.24, 2.45) is 0 Å². The number of aliphatic hydroxyl groups is 1. The van der Waals surface area contributed by atoms with Gasteiger partial charge in [0.05, 0.1) is 6.61 Å². The highest BCUT2D eigenvalue weighted by Crippen LogP contribution is 2.27. The van der Waals surface area contributed by atoms with E-state index in [-0.39, 0.29) is 12.6 Å². The zero-order valence-corrected chi connectivity index (χ0v) is 13.0. The molecule has 1 aliphatic rings. The number of aromatic nitrogens is 2. The van der Waals surface area contributed by atoms with E-state index in [1.54, 1.807) is 6.20 Å². The van der Waals surface area contributed by atoms with E-state index < -0.39 is 0 Å². The normalized spacial score (nSPS) is 18.7. The molecule has 116 valence electrons. The second-order valence-corrected chi connectivity index (χ2v) is 5.92. The zero-order chi connectivity index (χ0) is 15.5. The molecule has 1 aromatic carbocycles. The van der Waals surface area contributed by atoms with Crippen molar-refractivity contribution in [3.05, 3.63) is 47.7 Å². The first-order valence-corrected chi connectivity index (χ1v) is 7.71. The minimum absolute atomic E-state index is 0.0566. The van der Waals surface area contributed by atoms with Crippen LogP contribution in [0.2, 0.25) is 0 Å². The summed E-state index contributed by atoms with van der Waals surface area (Å²) in [4.78, 5) is 11.1. The van der Waals surface area contributed by atoms with Crippen molar-refractivity contribution in [2.45, 2.75) is 38.9 Å². The number of aliphatic hydroxyl groups excluding tert-OH is 1. The van der Waals surface area contributed by atoms with Crippen LogP contribution in [-0.2, 0) is 13.0 Å². The van der Waals surface area contributed by atoms with E-state index in [9.17, 15) is 0 Å². The summed E-state index contributed by atoms with van der Waals surface area (Å²) in [5.41, 5.74) is 2.78. The lowest BCUT2D eigenvalue weighted by Gasteiger charge is -2.35. The SMILES string of the molecule is C[C@@H](CO)Nc1nccc(N2Cc3ccccc3C[C@@H]2C)n1. The largest absolute Gasteiger partial charge is 0.394 e. The maximum atomic E-state index is 9.14. The topological polar surface area (TPSA) is 61.3 Å². The number of fused-ring (bicyclic) bond motifs is 1. The molecular weight excluding hydrogens is 276 g/mol. The number of benzene rings is 1. The molecule has 0 fully saturated rings. The van der Waals surface area contributed by atoms with Crippen LogP contribution in [0, 0.1) is 0 Å². The molecule has 0 saturated carbocycles. The van der Waals surface area contributed by atoms with Gasteiger partial charge in [-0.1, -0.05) is 24.3 Å². The van der Waals surface area contributed by atoms with E-state index in [1.807, 2.05) is 13.0 Å². The summed E-state index contributed by atoms with van der Waals surface area (Å²) < 4.78 is 0. The van der Waals surface area contributed by atoms with Gasteiger partial charge in [0.1, 0.15) is 5.82 Å². The molecule has 0 radical (unpaired) electrons. The molecule has 2 aromatic rings. The summed E-state index contributed by atoms with van der Waals surface area (Å²) in [6.07, 6.45) is 2.79. The molecule has 2 N–H and O–H groups in total. The van der Waals surface area contributed by atoms with Gasteiger partial charge in [0, 0.05) is 24.8 Å². The fraction of sp³-hybridized carbons (Fsp3) is 0.412. The highest BCUT2D eigenvalue weighted by atomic mass is 16.3. The highest BCUT2D eigenvalue weighted by molar-refractivity contribution is 5.47. The predicted molar refractivity (Wildman–Crippen MR) is 88.0 cm³/mol. The summed E-state index contributed by atoms with van der Waals surface area (Å²) >= 11 is 0. The number of nitrogens with one attached hydrogen (secondary N) is 1. The monoisotopic (exact) mass is 298 g/mol. The Bertz CT molecular complexity index is 646. The Morgan fingerprint density at radius 1 is 1.32 bits per heavy atom. The minimum atomic E-state index is -0.0604. The van der Waals surface area contributed by atoms with Crippen LogP contribution >= 0.6 is 0 Å². The van der Waals surface area contributed by atoms with Gasteiger partial charge in [-0.3, -0.25) is 0 Å². The number of rotatable bonds is 4. The second kappa shape index (κ2) is 6.32. The average Bonchev–Trinajstić information content (AvgIpc) is 2.54. The Hall–Kier alpha value is -2.14. The number of hydrogen-bond donors (Lipinski definition) is 2. The fourth-order valence-electron chi connectivity index (χ4n) is 2.83. The molecule has 2 atom stereocenters. The van der Waals surface area contributed by atoms with Crippen LogP contribution in [0.3, 0.4) is 0 Å². The first-order valence-electron chi connectivity index (χ1n) is 7.71. The Kier molecular flexibility index (Phi) is 4.24. The lowest BCUT2D eigenvalue weighted by atomic mass is 9.95. The van der Waals surface area contributed by atoms with Gasteiger partial charge in [0.25, 0.3) is 0 Å². The maximum Gasteiger partial charge on any atom is 0.224 e. The molecule has 1 aromatic heterocycles. The standard InChI is InChI=1S/C17H22N4O/c1-12(11-22)19-17-18-8-7-16(20-17)21-10-15-6-4-3-5-14(15)9-13(21)2/h3-8,12-13,22H,9-11H2,1-2H3,(H,18,19,20)/t12-,13-/m0/s1. The van der Waals surface area contributed by atoms with Gasteiger partial charge in [0.15, 0.2) is 0 Å². The summed E-state index contributed by atoms with van der Waals surface area (Å²) in [6, 6.07) is 10.9. The van der Waals surface area contributed by atoms with Gasteiger partial charge >= 0.3 is 0 Å². The molecular formula is C17H22N4O. The lowest BCUT2D eigenvalue weighted by Crippen LogP contribution is -2.39. The van der Waals surface area contributed by atoms with Crippen molar-refractivity contribution in [3.63, 3.8) is 0 Å². The van der Waals surface area contributed by atoms with Crippen molar-refractivity contribution >= 4 is 11.8 Å². The number of nitrogens with zero attached hydrogens (tertiary/aromatic N) is 3. The molecule has 3 rings (SSSR count). The van der Waals surface area contributed by atoms with Gasteiger partial charge in [-0.15, -0.1) is 0 Å². The second-order valence-electron chi connectivity index (χ2n) is 5.92. The first-order chi connectivity index (χ1) is 10.7. The summed E-state index contributed by atoms with van der Waals surface area (Å²) in [5.74, 6) is 1.48. The quantitative estimate of drug-likeness (QED) is 0.906. The Morgan fingerprint density at radius 3 is 2.86 bits per heavy atom. The predicted octanol–water partition coefficient (Wildman–Crippen LogP) is 2.22. The van der Waals surface area contributed by atoms with E-state index in [4.69, 9.17) is 5.11 Å². The maximum absolute atomic E-state index is 9.14. The Balaban J connectivity index is 1.83. The molecule has 5 heteroatoms. The summed E-state index contributed by atoms with van der Waals surface area (Å²) in [7, 11) is 0. The van der Waals surface area contributed by atoms with Crippen molar-refractivity contribution in [1.82, 2.24) is 9.97 Å². The molecule has 1 aliphatic heterocycles. The van der Waals surface area contributed by atoms with Gasteiger partial charge in [-0.25, -0.2) is 4.98 Å². The van der Waals surface area contributed by atoms with Gasteiger partial charge < -0.3 is 15.3 Å². The third-order valence-corrected chi connectivity index (χ3v) is 4.09. The van der Waals surface area contributed by atoms with Crippen LogP contribution in [-0.4, -0.2) is 33.8 Å². The average molecular weight is 298 g/mol. The lowest BCUT2D eigenvalue weighted by molar-refractivity contribution is 0.281. The van der Waals surface area contributed by atoms with E-state index in [0.717, 1.165) is 18.8 Å². The van der Waals surface area contributed by atoms with E-state index in [1.165, 1.54) is 11.1 Å². The van der Waals surface area contributed by atoms with Crippen molar-refractivity contribution in [3.8, 4) is 0 Å². The van der Waals surface area contributed by atoms with Gasteiger partial charge in [-0.2, -0.15) is 4.98 Å². The third-order valence-electron chi connectivity index (χ3n) is 4.09. The molecule has 2 heterocycles. The van der Waals surface area contributed by atoms with Crippen LogP contribution in [0.25, 0.3) is 0 Å². The summed E-state index contributed by atoms with van der Waals surface area (Å²) in [6.45, 7) is 5.04. The van der Waals surface area contributed by atoms with E-state index in [2.05, 4.69) is 51.4 Å². The fourth-order valence-corrected chi connectivity index (χ4v) is 2.83. The Morgan fingerprint density at radius 2 is 2.09 bits per heavy atom. The van der Waals surface area contributed by atoms with Crippen LogP contribution in [0.4, 0.5) is 11.8 Å². The molecule has 0 aliphatic carbocycles. The molecule has 0 spiro atoms. The van der Waals surface area contributed by atoms with Crippen LogP contribution < -0.4 is 10.2 Å². The molecule has 0 unspecified atom stereocenters. The van der Waals surface area contributed by atoms with Crippen molar-refractivity contribution in [2.75, 3.05) is 16.8 Å². The van der Waals surface area contributed by atoms with Crippen molar-refractivity contribution < 1.29 is 5.11 Å². The minimum Gasteiger partial charge on any atom is -0.394 e. The molecule has 0 saturated heterocycles. The van der Waals surface area contributed by atoms with Gasteiger partial charge in [0.2, 0.25) is 5.95 Å². The molecule has 0 bridgehead atoms. The molecule has 0 amide bonds. The van der Waals surface area contributed by atoms with Crippen molar-refractivity contribution in [1.29, 1.82) is 0 Å². The number of hydrogen-bond acceptors (Lipinski definition) is 5.